The van der Waals surface area contributed by atoms with Crippen LogP contribution in [-0.4, -0.2) is 63.7 Å². The van der Waals surface area contributed by atoms with Crippen molar-refractivity contribution in [2.45, 2.75) is 69.9 Å². The van der Waals surface area contributed by atoms with Gasteiger partial charge in [-0.1, -0.05) is 59.4 Å². The van der Waals surface area contributed by atoms with E-state index in [2.05, 4.69) is 5.32 Å². The third kappa shape index (κ3) is 6.67. The van der Waals surface area contributed by atoms with E-state index in [4.69, 9.17) is 40.5 Å². The van der Waals surface area contributed by atoms with E-state index in [9.17, 15) is 14.7 Å². The number of primary amides is 1. The van der Waals surface area contributed by atoms with Crippen molar-refractivity contribution in [3.63, 3.8) is 0 Å². The van der Waals surface area contributed by atoms with Gasteiger partial charge in [0.05, 0.1) is 18.8 Å². The molecule has 2 aliphatic heterocycles. The number of nitrogens with one attached hydrogen (secondary N) is 1. The number of piperidine rings is 2. The van der Waals surface area contributed by atoms with Crippen molar-refractivity contribution in [2.75, 3.05) is 26.2 Å². The summed E-state index contributed by atoms with van der Waals surface area (Å²) in [6, 6.07) is 14.7. The maximum absolute atomic E-state index is 15.3. The Labute approximate surface area is 279 Å². The lowest BCUT2D eigenvalue weighted by atomic mass is 9.80. The van der Waals surface area contributed by atoms with Crippen LogP contribution in [0.15, 0.2) is 48.5 Å². The van der Waals surface area contributed by atoms with Gasteiger partial charge in [-0.25, -0.2) is 9.28 Å². The van der Waals surface area contributed by atoms with Crippen molar-refractivity contribution < 1.29 is 24.0 Å². The molecule has 0 saturated carbocycles. The molecule has 5 rings (SSSR count). The van der Waals surface area contributed by atoms with E-state index >= 15 is 4.79 Å². The quantitative estimate of drug-likeness (QED) is 0.147. The molecule has 0 atom stereocenters. The van der Waals surface area contributed by atoms with Gasteiger partial charge in [0.25, 0.3) is 5.91 Å². The SMILES string of the molecule is NC(=O)C1([N+]2(C(=O)c3cc(-c4ccc(Cl)cc4Cl)c(-c4ccc(Cl)cc4)n3CCCCCC(=O)O)CCCCC2)CCNCC1. The van der Waals surface area contributed by atoms with E-state index in [1.54, 1.807) is 12.1 Å². The third-order valence-electron chi connectivity index (χ3n) is 9.60. The molecule has 8 nitrogen and oxygen atoms in total. The number of hydrogen-bond acceptors (Lipinski definition) is 4. The van der Waals surface area contributed by atoms with Crippen LogP contribution < -0.4 is 11.1 Å². The molecule has 2 amide bonds. The molecule has 0 bridgehead atoms. The molecule has 2 fully saturated rings. The molecule has 1 aromatic heterocycles. The van der Waals surface area contributed by atoms with Crippen LogP contribution in [0.4, 0.5) is 0 Å². The van der Waals surface area contributed by atoms with E-state index in [0.29, 0.717) is 85.6 Å². The number of aliphatic carboxylic acids is 1. The zero-order chi connectivity index (χ0) is 32.2. The Bertz CT molecular complexity index is 1560. The summed E-state index contributed by atoms with van der Waals surface area (Å²) in [5, 5.41) is 14.1. The van der Waals surface area contributed by atoms with Gasteiger partial charge in [0.15, 0.2) is 5.54 Å². The van der Waals surface area contributed by atoms with E-state index in [0.717, 1.165) is 41.6 Å². The van der Waals surface area contributed by atoms with Gasteiger partial charge >= 0.3 is 11.9 Å². The zero-order valence-corrected chi connectivity index (χ0v) is 27.6. The standard InChI is InChI=1S/C34H39Cl3N4O4/c35-24-10-8-23(9-11-24)31-27(26-13-12-25(36)21-28(26)37)22-29(40(31)18-4-1-3-7-30(42)43)32(44)41(19-5-2-6-20-41)34(33(38)45)14-16-39-17-15-34/h8-13,21-22,39H,1-7,14-20H2,(H2-,38,42,43,45)/p+1. The molecular weight excluding hydrogens is 635 g/mol. The molecule has 2 aromatic carbocycles. The normalized spacial score (nSPS) is 17.6. The number of rotatable bonds is 11. The van der Waals surface area contributed by atoms with Crippen LogP contribution in [0.1, 0.15) is 68.3 Å². The van der Waals surface area contributed by atoms with Gasteiger partial charge in [0.2, 0.25) is 0 Å². The van der Waals surface area contributed by atoms with Gasteiger partial charge in [0.1, 0.15) is 5.69 Å². The third-order valence-corrected chi connectivity index (χ3v) is 10.4. The summed E-state index contributed by atoms with van der Waals surface area (Å²) >= 11 is 19.4. The first kappa shape index (κ1) is 33.5. The number of carbonyl (C=O) groups excluding carboxylic acids is 2. The lowest BCUT2D eigenvalue weighted by Gasteiger charge is -2.52. The number of carboxylic acid groups (broad SMARTS) is 1. The maximum atomic E-state index is 15.3. The number of likely N-dealkylation sites (tertiary alicyclic amines) is 1. The van der Waals surface area contributed by atoms with E-state index < -0.39 is 17.4 Å². The molecule has 0 spiro atoms. The zero-order valence-electron chi connectivity index (χ0n) is 25.3. The fourth-order valence-corrected chi connectivity index (χ4v) is 7.97. The van der Waals surface area contributed by atoms with Crippen LogP contribution in [0.2, 0.25) is 15.1 Å². The van der Waals surface area contributed by atoms with Crippen LogP contribution in [0, 0.1) is 0 Å². The minimum atomic E-state index is -1.02. The van der Waals surface area contributed by atoms with Gasteiger partial charge in [-0.05, 0) is 68.0 Å². The average molecular weight is 675 g/mol. The summed E-state index contributed by atoms with van der Waals surface area (Å²) in [5.41, 5.74) is 8.85. The molecule has 45 heavy (non-hydrogen) atoms. The predicted octanol–water partition coefficient (Wildman–Crippen LogP) is 7.18. The van der Waals surface area contributed by atoms with Crippen molar-refractivity contribution in [1.29, 1.82) is 0 Å². The Morgan fingerprint density at radius 1 is 0.867 bits per heavy atom. The van der Waals surface area contributed by atoms with Gasteiger partial charge < -0.3 is 20.7 Å². The molecule has 0 aliphatic carbocycles. The van der Waals surface area contributed by atoms with Crippen LogP contribution in [0.3, 0.4) is 0 Å². The first-order valence-electron chi connectivity index (χ1n) is 15.7. The number of carboxylic acids is 1. The summed E-state index contributed by atoms with van der Waals surface area (Å²) in [7, 11) is 0. The second-order valence-electron chi connectivity index (χ2n) is 12.2. The summed E-state index contributed by atoms with van der Waals surface area (Å²) in [4.78, 5) is 40.0. The molecule has 4 N–H and O–H groups in total. The molecule has 240 valence electrons. The Hall–Kier alpha value is -2.88. The summed E-state index contributed by atoms with van der Waals surface area (Å²) in [5.74, 6) is -1.37. The van der Waals surface area contributed by atoms with Gasteiger partial charge in [0, 0.05) is 65.1 Å². The smallest absolute Gasteiger partial charge is 0.363 e. The summed E-state index contributed by atoms with van der Waals surface area (Å²) in [6.45, 7) is 2.78. The first-order chi connectivity index (χ1) is 21.6. The number of carbonyl (C=O) groups is 3. The highest BCUT2D eigenvalue weighted by Crippen LogP contribution is 2.44. The highest BCUT2D eigenvalue weighted by atomic mass is 35.5. The second-order valence-corrected chi connectivity index (χ2v) is 13.5. The van der Waals surface area contributed by atoms with Crippen LogP contribution in [-0.2, 0) is 16.1 Å². The fraction of sp³-hybridized carbons (Fsp3) is 0.441. The molecule has 3 heterocycles. The van der Waals surface area contributed by atoms with Crippen molar-refractivity contribution >= 4 is 52.6 Å². The minimum Gasteiger partial charge on any atom is -0.481 e. The molecule has 3 aromatic rings. The van der Waals surface area contributed by atoms with E-state index in [-0.39, 0.29) is 16.8 Å². The number of benzene rings is 2. The predicted molar refractivity (Wildman–Crippen MR) is 179 cm³/mol. The average Bonchev–Trinajstić information content (AvgIpc) is 3.40. The number of nitrogens with zero attached hydrogens (tertiary/aromatic N) is 2. The monoisotopic (exact) mass is 673 g/mol. The molecule has 0 radical (unpaired) electrons. The number of amides is 2. The topological polar surface area (TPSA) is 114 Å². The number of unbranched alkanes of at least 4 members (excludes halogenated alkanes) is 2. The summed E-state index contributed by atoms with van der Waals surface area (Å²) in [6.07, 6.45) is 5.56. The van der Waals surface area contributed by atoms with Crippen LogP contribution in [0.5, 0.6) is 0 Å². The fourth-order valence-electron chi connectivity index (χ4n) is 7.34. The van der Waals surface area contributed by atoms with Crippen molar-refractivity contribution in [1.82, 2.24) is 9.88 Å². The molecule has 11 heteroatoms. The second kappa shape index (κ2) is 14.3. The van der Waals surface area contributed by atoms with E-state index in [1.807, 2.05) is 41.0 Å². The molecular formula is C34H40Cl3N4O4+. The number of aromatic nitrogens is 1. The van der Waals surface area contributed by atoms with Crippen LogP contribution in [0.25, 0.3) is 22.4 Å². The largest absolute Gasteiger partial charge is 0.481 e. The van der Waals surface area contributed by atoms with Gasteiger partial charge in [-0.2, -0.15) is 0 Å². The minimum absolute atomic E-state index is 0.000882. The van der Waals surface area contributed by atoms with E-state index in [1.165, 1.54) is 0 Å². The Kier molecular flexibility index (Phi) is 10.6. The number of quaternary nitrogens is 1. The highest BCUT2D eigenvalue weighted by molar-refractivity contribution is 6.36. The van der Waals surface area contributed by atoms with Crippen molar-refractivity contribution in [2.24, 2.45) is 5.73 Å². The lowest BCUT2D eigenvalue weighted by molar-refractivity contribution is -0.897. The molecule has 0 unspecified atom stereocenters. The Morgan fingerprint density at radius 3 is 2.16 bits per heavy atom. The lowest BCUT2D eigenvalue weighted by Crippen LogP contribution is -2.75. The number of hydrogen-bond donors (Lipinski definition) is 3. The molecule has 2 aliphatic rings. The summed E-state index contributed by atoms with van der Waals surface area (Å²) < 4.78 is 2.04. The van der Waals surface area contributed by atoms with Crippen LogP contribution >= 0.6 is 34.8 Å². The van der Waals surface area contributed by atoms with Gasteiger partial charge in [-0.3, -0.25) is 9.59 Å². The highest BCUT2D eigenvalue weighted by Gasteiger charge is 2.61. The Morgan fingerprint density at radius 2 is 1.53 bits per heavy atom. The molecule has 2 saturated heterocycles. The van der Waals surface area contributed by atoms with Crippen molar-refractivity contribution in [3.8, 4) is 22.4 Å². The van der Waals surface area contributed by atoms with Gasteiger partial charge in [-0.15, -0.1) is 0 Å². The number of nitrogens with two attached hydrogens (primary N) is 1. The maximum Gasteiger partial charge on any atom is 0.363 e. The Balaban J connectivity index is 1.73. The van der Waals surface area contributed by atoms with Crippen molar-refractivity contribution in [3.05, 3.63) is 69.3 Å². The first-order valence-corrected chi connectivity index (χ1v) is 16.8. The number of halogens is 3.